The molecule has 0 amide bonds. The van der Waals surface area contributed by atoms with Crippen molar-refractivity contribution in [3.63, 3.8) is 0 Å². The molecule has 1 heterocycles. The second-order valence-electron chi connectivity index (χ2n) is 4.37. The van der Waals surface area contributed by atoms with E-state index in [1.807, 2.05) is 13.8 Å². The molecule has 92 valence electrons. The van der Waals surface area contributed by atoms with Gasteiger partial charge in [0.25, 0.3) is 0 Å². The molecule has 0 aliphatic rings. The number of rotatable bonds is 6. The highest BCUT2D eigenvalue weighted by molar-refractivity contribution is 7.12. The van der Waals surface area contributed by atoms with Gasteiger partial charge in [-0.15, -0.1) is 11.3 Å². The molecule has 1 aromatic rings. The summed E-state index contributed by atoms with van der Waals surface area (Å²) in [6, 6.07) is 3.87. The molecule has 0 aliphatic heterocycles. The van der Waals surface area contributed by atoms with Gasteiger partial charge in [0, 0.05) is 0 Å². The first-order chi connectivity index (χ1) is 7.96. The Hall–Kier alpha value is -1.54. The zero-order chi connectivity index (χ0) is 12.9. The van der Waals surface area contributed by atoms with Gasteiger partial charge in [-0.2, -0.15) is 5.26 Å². The summed E-state index contributed by atoms with van der Waals surface area (Å²) in [4.78, 5) is 11.0. The third-order valence-electron chi connectivity index (χ3n) is 2.33. The Morgan fingerprint density at radius 2 is 2.35 bits per heavy atom. The fourth-order valence-corrected chi connectivity index (χ4v) is 1.99. The molecular weight excluding hydrogens is 238 g/mol. The van der Waals surface area contributed by atoms with E-state index in [0.29, 0.717) is 12.4 Å². The number of carboxylic acid groups (broad SMARTS) is 1. The molecule has 0 saturated heterocycles. The molecule has 1 aromatic heterocycles. The molecule has 0 fully saturated rings. The Labute approximate surface area is 104 Å². The van der Waals surface area contributed by atoms with Crippen LogP contribution in [-0.4, -0.2) is 17.7 Å². The zero-order valence-electron chi connectivity index (χ0n) is 9.90. The number of ether oxygens (including phenoxy) is 1. The van der Waals surface area contributed by atoms with Gasteiger partial charge in [-0.25, -0.2) is 4.79 Å². The number of hydrogen-bond acceptors (Lipinski definition) is 4. The summed E-state index contributed by atoms with van der Waals surface area (Å²) in [7, 11) is 0. The summed E-state index contributed by atoms with van der Waals surface area (Å²) in [6.45, 7) is 4.18. The van der Waals surface area contributed by atoms with Crippen molar-refractivity contribution in [2.75, 3.05) is 6.61 Å². The average Bonchev–Trinajstić information content (AvgIpc) is 2.73. The van der Waals surface area contributed by atoms with Gasteiger partial charge in [0.1, 0.15) is 5.75 Å². The summed E-state index contributed by atoms with van der Waals surface area (Å²) >= 11 is 1.15. The second-order valence-corrected chi connectivity index (χ2v) is 5.28. The van der Waals surface area contributed by atoms with Crippen molar-refractivity contribution in [1.29, 1.82) is 5.26 Å². The van der Waals surface area contributed by atoms with Crippen molar-refractivity contribution in [3.05, 3.63) is 16.3 Å². The molecule has 0 atom stereocenters. The van der Waals surface area contributed by atoms with Crippen LogP contribution in [0.15, 0.2) is 11.4 Å². The third kappa shape index (κ3) is 4.08. The van der Waals surface area contributed by atoms with Crippen LogP contribution in [0.1, 0.15) is 36.4 Å². The lowest BCUT2D eigenvalue weighted by molar-refractivity contribution is 0.0698. The molecular formula is C12H15NO3S. The number of carbonyl (C=O) groups is 1. The van der Waals surface area contributed by atoms with Gasteiger partial charge in [-0.05, 0) is 38.1 Å². The van der Waals surface area contributed by atoms with Gasteiger partial charge < -0.3 is 9.84 Å². The van der Waals surface area contributed by atoms with E-state index in [-0.39, 0.29) is 10.3 Å². The molecule has 0 aromatic carbocycles. The van der Waals surface area contributed by atoms with Crippen LogP contribution in [0.2, 0.25) is 0 Å². The van der Waals surface area contributed by atoms with E-state index in [4.69, 9.17) is 15.1 Å². The highest BCUT2D eigenvalue weighted by Crippen LogP contribution is 2.26. The Bertz CT molecular complexity index is 431. The van der Waals surface area contributed by atoms with E-state index in [1.54, 1.807) is 11.4 Å². The normalized spacial score (nSPS) is 10.9. The van der Waals surface area contributed by atoms with Crippen molar-refractivity contribution in [2.45, 2.75) is 26.7 Å². The van der Waals surface area contributed by atoms with Crippen LogP contribution < -0.4 is 4.74 Å². The number of thiophene rings is 1. The molecule has 0 radical (unpaired) electrons. The SMILES string of the molecule is CC(C)(C#N)CCCOc1ccsc1C(=O)O. The van der Waals surface area contributed by atoms with Gasteiger partial charge in [0.2, 0.25) is 0 Å². The summed E-state index contributed by atoms with van der Waals surface area (Å²) in [5, 5.41) is 19.4. The number of nitriles is 1. The number of nitrogens with zero attached hydrogens (tertiary/aromatic N) is 1. The lowest BCUT2D eigenvalue weighted by atomic mass is 9.90. The molecule has 0 bridgehead atoms. The molecule has 4 nitrogen and oxygen atoms in total. The van der Waals surface area contributed by atoms with Crippen LogP contribution in [-0.2, 0) is 0 Å². The van der Waals surface area contributed by atoms with E-state index >= 15 is 0 Å². The molecule has 0 aliphatic carbocycles. The quantitative estimate of drug-likeness (QED) is 0.790. The van der Waals surface area contributed by atoms with Crippen LogP contribution in [0.3, 0.4) is 0 Å². The fraction of sp³-hybridized carbons (Fsp3) is 0.500. The van der Waals surface area contributed by atoms with Gasteiger partial charge in [-0.1, -0.05) is 0 Å². The van der Waals surface area contributed by atoms with E-state index < -0.39 is 5.97 Å². The highest BCUT2D eigenvalue weighted by atomic mass is 32.1. The van der Waals surface area contributed by atoms with Crippen molar-refractivity contribution < 1.29 is 14.6 Å². The summed E-state index contributed by atoms with van der Waals surface area (Å²) < 4.78 is 5.40. The maximum Gasteiger partial charge on any atom is 0.349 e. The molecule has 0 saturated carbocycles. The second kappa shape index (κ2) is 5.69. The van der Waals surface area contributed by atoms with Crippen LogP contribution in [0.25, 0.3) is 0 Å². The van der Waals surface area contributed by atoms with Gasteiger partial charge in [0.05, 0.1) is 18.1 Å². The fourth-order valence-electron chi connectivity index (χ4n) is 1.32. The first kappa shape index (κ1) is 13.5. The van der Waals surface area contributed by atoms with Crippen LogP contribution in [0, 0.1) is 16.7 Å². The Balaban J connectivity index is 2.40. The van der Waals surface area contributed by atoms with Crippen LogP contribution in [0.5, 0.6) is 5.75 Å². The monoisotopic (exact) mass is 253 g/mol. The van der Waals surface area contributed by atoms with Gasteiger partial charge in [0.15, 0.2) is 4.88 Å². The summed E-state index contributed by atoms with van der Waals surface area (Å²) in [6.07, 6.45) is 1.46. The Kier molecular flexibility index (Phi) is 4.53. The predicted molar refractivity (Wildman–Crippen MR) is 65.4 cm³/mol. The van der Waals surface area contributed by atoms with Crippen LogP contribution >= 0.6 is 11.3 Å². The van der Waals surface area contributed by atoms with Gasteiger partial charge >= 0.3 is 5.97 Å². The summed E-state index contributed by atoms with van der Waals surface area (Å²) in [5.74, 6) is -0.551. The lowest BCUT2D eigenvalue weighted by Crippen LogP contribution is -2.10. The number of hydrogen-bond donors (Lipinski definition) is 1. The maximum absolute atomic E-state index is 10.8. The minimum atomic E-state index is -0.965. The topological polar surface area (TPSA) is 70.3 Å². The molecule has 0 unspecified atom stereocenters. The van der Waals surface area contributed by atoms with E-state index in [2.05, 4.69) is 6.07 Å². The minimum absolute atomic E-state index is 0.226. The average molecular weight is 253 g/mol. The molecule has 5 heteroatoms. The molecule has 17 heavy (non-hydrogen) atoms. The Morgan fingerprint density at radius 1 is 1.65 bits per heavy atom. The van der Waals surface area contributed by atoms with E-state index in [1.165, 1.54) is 0 Å². The smallest absolute Gasteiger partial charge is 0.349 e. The van der Waals surface area contributed by atoms with Crippen molar-refractivity contribution in [2.24, 2.45) is 5.41 Å². The van der Waals surface area contributed by atoms with E-state index in [0.717, 1.165) is 24.2 Å². The molecule has 1 rings (SSSR count). The largest absolute Gasteiger partial charge is 0.492 e. The van der Waals surface area contributed by atoms with Crippen LogP contribution in [0.4, 0.5) is 0 Å². The van der Waals surface area contributed by atoms with Crippen molar-refractivity contribution >= 4 is 17.3 Å². The molecule has 1 N–H and O–H groups in total. The highest BCUT2D eigenvalue weighted by Gasteiger charge is 2.17. The minimum Gasteiger partial charge on any atom is -0.492 e. The lowest BCUT2D eigenvalue weighted by Gasteiger charge is -2.14. The first-order valence-corrected chi connectivity index (χ1v) is 6.19. The first-order valence-electron chi connectivity index (χ1n) is 5.31. The molecule has 0 spiro atoms. The van der Waals surface area contributed by atoms with Crippen molar-refractivity contribution in [3.8, 4) is 11.8 Å². The predicted octanol–water partition coefficient (Wildman–Crippen LogP) is 3.16. The third-order valence-corrected chi connectivity index (χ3v) is 3.21. The van der Waals surface area contributed by atoms with Gasteiger partial charge in [-0.3, -0.25) is 0 Å². The number of carboxylic acids is 1. The zero-order valence-corrected chi connectivity index (χ0v) is 10.7. The van der Waals surface area contributed by atoms with Crippen molar-refractivity contribution in [1.82, 2.24) is 0 Å². The Morgan fingerprint density at radius 3 is 2.94 bits per heavy atom. The number of aromatic carboxylic acids is 1. The standard InChI is InChI=1S/C12H15NO3S/c1-12(2,8-13)5-3-6-16-9-4-7-17-10(9)11(14)15/h4,7H,3,5-6H2,1-2H3,(H,14,15). The van der Waals surface area contributed by atoms with E-state index in [9.17, 15) is 4.79 Å². The maximum atomic E-state index is 10.8. The summed E-state index contributed by atoms with van der Waals surface area (Å²) in [5.41, 5.74) is -0.354.